The lowest BCUT2D eigenvalue weighted by Crippen LogP contribution is -2.46. The smallest absolute Gasteiger partial charge is 0.422 e. The van der Waals surface area contributed by atoms with Crippen molar-refractivity contribution >= 4 is 12.0 Å². The van der Waals surface area contributed by atoms with Gasteiger partial charge < -0.3 is 10.1 Å². The zero-order valence-electron chi connectivity index (χ0n) is 12.4. The molecule has 0 spiro atoms. The highest BCUT2D eigenvalue weighted by molar-refractivity contribution is 5.86. The molecule has 1 aliphatic heterocycles. The zero-order valence-corrected chi connectivity index (χ0v) is 12.4. The van der Waals surface area contributed by atoms with Gasteiger partial charge in [-0.25, -0.2) is 4.79 Å². The molecule has 2 amide bonds. The van der Waals surface area contributed by atoms with Crippen LogP contribution < -0.4 is 5.32 Å². The van der Waals surface area contributed by atoms with E-state index >= 15 is 0 Å². The van der Waals surface area contributed by atoms with Crippen molar-refractivity contribution in [2.24, 2.45) is 0 Å². The standard InChI is InChI=1S/C13H17F3N4O3/c1-8-9(6-18-19-8)5-17-11(21)10-3-2-4-20(10)12(22)23-7-13(14,15)16/h6,10H,2-5,7H2,1H3,(H,17,21)(H,18,19). The van der Waals surface area contributed by atoms with Crippen molar-refractivity contribution in [3.8, 4) is 0 Å². The lowest BCUT2D eigenvalue weighted by molar-refractivity contribution is -0.162. The Morgan fingerprint density at radius 2 is 2.26 bits per heavy atom. The number of nitrogens with one attached hydrogen (secondary N) is 2. The van der Waals surface area contributed by atoms with Crippen LogP contribution in [-0.2, 0) is 16.1 Å². The van der Waals surface area contributed by atoms with E-state index in [0.29, 0.717) is 12.8 Å². The predicted octanol–water partition coefficient (Wildman–Crippen LogP) is 1.50. The Hall–Kier alpha value is -2.26. The number of aromatic amines is 1. The maximum absolute atomic E-state index is 12.2. The van der Waals surface area contributed by atoms with Gasteiger partial charge in [-0.3, -0.25) is 14.8 Å². The van der Waals surface area contributed by atoms with Crippen molar-refractivity contribution in [1.82, 2.24) is 20.4 Å². The first-order valence-electron chi connectivity index (χ1n) is 7.04. The largest absolute Gasteiger partial charge is 0.440 e. The first-order chi connectivity index (χ1) is 10.8. The van der Waals surface area contributed by atoms with Crippen molar-refractivity contribution in [2.45, 2.75) is 38.5 Å². The summed E-state index contributed by atoms with van der Waals surface area (Å²) in [5.41, 5.74) is 1.60. The molecule has 7 nitrogen and oxygen atoms in total. The number of nitrogens with zero attached hydrogens (tertiary/aromatic N) is 2. The Balaban J connectivity index is 1.88. The minimum Gasteiger partial charge on any atom is -0.440 e. The van der Waals surface area contributed by atoms with Crippen LogP contribution in [0.4, 0.5) is 18.0 Å². The SMILES string of the molecule is Cc1[nH]ncc1CNC(=O)C1CCCN1C(=O)OCC(F)(F)F. The summed E-state index contributed by atoms with van der Waals surface area (Å²) in [7, 11) is 0. The zero-order chi connectivity index (χ0) is 17.0. The molecule has 0 aromatic carbocycles. The predicted molar refractivity (Wildman–Crippen MR) is 72.3 cm³/mol. The normalized spacial score (nSPS) is 18.1. The van der Waals surface area contributed by atoms with E-state index in [1.807, 2.05) is 0 Å². The molecule has 1 fully saturated rings. The molecule has 1 aromatic heterocycles. The summed E-state index contributed by atoms with van der Waals surface area (Å²) < 4.78 is 40.5. The fourth-order valence-corrected chi connectivity index (χ4v) is 2.34. The van der Waals surface area contributed by atoms with Crippen molar-refractivity contribution in [3.63, 3.8) is 0 Å². The highest BCUT2D eigenvalue weighted by atomic mass is 19.4. The van der Waals surface area contributed by atoms with E-state index in [9.17, 15) is 22.8 Å². The lowest BCUT2D eigenvalue weighted by Gasteiger charge is -2.23. The van der Waals surface area contributed by atoms with Crippen molar-refractivity contribution < 1.29 is 27.5 Å². The van der Waals surface area contributed by atoms with Crippen LogP contribution in [0.15, 0.2) is 6.20 Å². The number of carbonyl (C=O) groups is 2. The maximum atomic E-state index is 12.2. The molecule has 1 atom stereocenters. The number of rotatable bonds is 4. The van der Waals surface area contributed by atoms with Crippen molar-refractivity contribution in [2.75, 3.05) is 13.2 Å². The van der Waals surface area contributed by atoms with E-state index in [1.165, 1.54) is 0 Å². The average molecular weight is 334 g/mol. The molecule has 1 aliphatic rings. The van der Waals surface area contributed by atoms with E-state index in [4.69, 9.17) is 0 Å². The van der Waals surface area contributed by atoms with Crippen LogP contribution in [0.5, 0.6) is 0 Å². The number of alkyl halides is 3. The van der Waals surface area contributed by atoms with E-state index in [1.54, 1.807) is 13.1 Å². The van der Waals surface area contributed by atoms with Crippen LogP contribution in [0, 0.1) is 6.92 Å². The molecule has 10 heteroatoms. The number of hydrogen-bond acceptors (Lipinski definition) is 4. The summed E-state index contributed by atoms with van der Waals surface area (Å²) in [6.07, 6.45) is -3.23. The average Bonchev–Trinajstić information content (AvgIpc) is 3.10. The van der Waals surface area contributed by atoms with Gasteiger partial charge in [0.1, 0.15) is 6.04 Å². The van der Waals surface area contributed by atoms with Crippen LogP contribution in [-0.4, -0.2) is 52.5 Å². The van der Waals surface area contributed by atoms with Gasteiger partial charge in [-0.15, -0.1) is 0 Å². The summed E-state index contributed by atoms with van der Waals surface area (Å²) in [5.74, 6) is -0.424. The number of ether oxygens (including phenoxy) is 1. The number of hydrogen-bond donors (Lipinski definition) is 2. The van der Waals surface area contributed by atoms with Gasteiger partial charge in [0.05, 0.1) is 6.20 Å². The van der Waals surface area contributed by atoms with Gasteiger partial charge in [-0.1, -0.05) is 0 Å². The third-order valence-electron chi connectivity index (χ3n) is 3.54. The molecule has 1 aromatic rings. The number of amides is 2. The second-order valence-corrected chi connectivity index (χ2v) is 5.26. The maximum Gasteiger partial charge on any atom is 0.422 e. The highest BCUT2D eigenvalue weighted by Crippen LogP contribution is 2.21. The van der Waals surface area contributed by atoms with Gasteiger partial charge >= 0.3 is 12.3 Å². The number of halogens is 3. The molecule has 0 bridgehead atoms. The third-order valence-corrected chi connectivity index (χ3v) is 3.54. The Bertz CT molecular complexity index is 573. The number of aromatic nitrogens is 2. The van der Waals surface area contributed by atoms with Gasteiger partial charge in [0.25, 0.3) is 0 Å². The minimum absolute atomic E-state index is 0.194. The molecule has 0 aliphatic carbocycles. The molecule has 128 valence electrons. The summed E-state index contributed by atoms with van der Waals surface area (Å²) >= 11 is 0. The molecule has 0 saturated carbocycles. The molecule has 2 rings (SSSR count). The Labute approximate surface area is 130 Å². The Morgan fingerprint density at radius 3 is 2.87 bits per heavy atom. The van der Waals surface area contributed by atoms with E-state index in [-0.39, 0.29) is 13.1 Å². The van der Waals surface area contributed by atoms with Crippen molar-refractivity contribution in [1.29, 1.82) is 0 Å². The number of H-pyrrole nitrogens is 1. The topological polar surface area (TPSA) is 87.3 Å². The summed E-state index contributed by atoms with van der Waals surface area (Å²) in [4.78, 5) is 24.9. The van der Waals surface area contributed by atoms with E-state index < -0.39 is 30.8 Å². The fraction of sp³-hybridized carbons (Fsp3) is 0.615. The van der Waals surface area contributed by atoms with Gasteiger partial charge in [0.15, 0.2) is 6.61 Å². The number of carbonyl (C=O) groups excluding carboxylic acids is 2. The number of aryl methyl sites for hydroxylation is 1. The van der Waals surface area contributed by atoms with Gasteiger partial charge in [0.2, 0.25) is 5.91 Å². The molecule has 23 heavy (non-hydrogen) atoms. The first-order valence-corrected chi connectivity index (χ1v) is 7.04. The van der Waals surface area contributed by atoms with Crippen molar-refractivity contribution in [3.05, 3.63) is 17.5 Å². The van der Waals surface area contributed by atoms with Crippen LogP contribution in [0.3, 0.4) is 0 Å². The summed E-state index contributed by atoms with van der Waals surface area (Å²) in [6.45, 7) is 0.554. The van der Waals surface area contributed by atoms with Crippen LogP contribution in [0.25, 0.3) is 0 Å². The second-order valence-electron chi connectivity index (χ2n) is 5.26. The summed E-state index contributed by atoms with van der Waals surface area (Å²) in [6, 6.07) is -0.817. The highest BCUT2D eigenvalue weighted by Gasteiger charge is 2.37. The second kappa shape index (κ2) is 6.88. The summed E-state index contributed by atoms with van der Waals surface area (Å²) in [5, 5.41) is 9.20. The number of likely N-dealkylation sites (tertiary alicyclic amines) is 1. The van der Waals surface area contributed by atoms with Gasteiger partial charge in [-0.2, -0.15) is 18.3 Å². The van der Waals surface area contributed by atoms with E-state index in [2.05, 4.69) is 20.3 Å². The van der Waals surface area contributed by atoms with Gasteiger partial charge in [0, 0.05) is 24.3 Å². The molecule has 2 heterocycles. The molecule has 1 unspecified atom stereocenters. The first kappa shape index (κ1) is 17.1. The molecule has 1 saturated heterocycles. The fourth-order valence-electron chi connectivity index (χ4n) is 2.34. The van der Waals surface area contributed by atoms with Crippen LogP contribution in [0.1, 0.15) is 24.1 Å². The minimum atomic E-state index is -4.59. The molecular weight excluding hydrogens is 317 g/mol. The molecular formula is C13H17F3N4O3. The monoisotopic (exact) mass is 334 g/mol. The molecule has 2 N–H and O–H groups in total. The Morgan fingerprint density at radius 1 is 1.52 bits per heavy atom. The van der Waals surface area contributed by atoms with Crippen LogP contribution in [0.2, 0.25) is 0 Å². The lowest BCUT2D eigenvalue weighted by atomic mass is 10.2. The third kappa shape index (κ3) is 4.60. The van der Waals surface area contributed by atoms with Gasteiger partial charge in [-0.05, 0) is 19.8 Å². The quantitative estimate of drug-likeness (QED) is 0.873. The molecule has 0 radical (unpaired) electrons. The Kier molecular flexibility index (Phi) is 5.12. The van der Waals surface area contributed by atoms with E-state index in [0.717, 1.165) is 16.2 Å². The van der Waals surface area contributed by atoms with Crippen LogP contribution >= 0.6 is 0 Å².